The van der Waals surface area contributed by atoms with Crippen molar-refractivity contribution in [3.05, 3.63) is 24.3 Å². The second-order valence-electron chi connectivity index (χ2n) is 3.78. The highest BCUT2D eigenvalue weighted by Gasteiger charge is 2.12. The van der Waals surface area contributed by atoms with Gasteiger partial charge in [0.05, 0.1) is 5.69 Å². The van der Waals surface area contributed by atoms with Crippen LogP contribution in [0.4, 0.5) is 19.3 Å². The van der Waals surface area contributed by atoms with Crippen LogP contribution in [0.5, 0.6) is 5.75 Å². The molecule has 1 aromatic rings. The lowest BCUT2D eigenvalue weighted by Gasteiger charge is -2.14. The number of urea groups is 1. The standard InChI is InChI=1S/C12H16F2N2O2/c1-3-8(2)15-12(17)16-9-6-4-5-7-10(9)18-11(13)14/h4-8,11H,3H2,1-2H3,(H2,15,16,17). The Morgan fingerprint density at radius 2 is 2.06 bits per heavy atom. The summed E-state index contributed by atoms with van der Waals surface area (Å²) in [5, 5.41) is 5.14. The van der Waals surface area contributed by atoms with Gasteiger partial charge in [-0.1, -0.05) is 19.1 Å². The molecule has 18 heavy (non-hydrogen) atoms. The van der Waals surface area contributed by atoms with Gasteiger partial charge in [0, 0.05) is 6.04 Å². The molecular formula is C12H16F2N2O2. The molecule has 0 bridgehead atoms. The summed E-state index contributed by atoms with van der Waals surface area (Å²) in [5.41, 5.74) is 0.207. The zero-order chi connectivity index (χ0) is 13.5. The molecule has 0 aliphatic heterocycles. The average Bonchev–Trinajstić information content (AvgIpc) is 2.30. The van der Waals surface area contributed by atoms with Crippen molar-refractivity contribution in [3.8, 4) is 5.75 Å². The summed E-state index contributed by atoms with van der Waals surface area (Å²) in [5.74, 6) is -0.0631. The lowest BCUT2D eigenvalue weighted by atomic mass is 10.2. The van der Waals surface area contributed by atoms with Gasteiger partial charge in [0.1, 0.15) is 5.75 Å². The van der Waals surface area contributed by atoms with Crippen molar-refractivity contribution in [1.29, 1.82) is 0 Å². The van der Waals surface area contributed by atoms with Crippen molar-refractivity contribution in [2.24, 2.45) is 0 Å². The molecular weight excluding hydrogens is 242 g/mol. The molecule has 2 amide bonds. The third-order valence-electron chi connectivity index (χ3n) is 2.34. The minimum Gasteiger partial charge on any atom is -0.433 e. The van der Waals surface area contributed by atoms with Gasteiger partial charge in [-0.25, -0.2) is 4.79 Å². The Bertz CT molecular complexity index is 399. The summed E-state index contributed by atoms with van der Waals surface area (Å²) in [4.78, 5) is 11.6. The summed E-state index contributed by atoms with van der Waals surface area (Å²) in [6.45, 7) is 0.852. The van der Waals surface area contributed by atoms with Crippen molar-refractivity contribution >= 4 is 11.7 Å². The number of hydrogen-bond acceptors (Lipinski definition) is 2. The van der Waals surface area contributed by atoms with Crippen molar-refractivity contribution in [1.82, 2.24) is 5.32 Å². The van der Waals surface area contributed by atoms with Crippen LogP contribution in [0, 0.1) is 0 Å². The minimum absolute atomic E-state index is 0.00757. The summed E-state index contributed by atoms with van der Waals surface area (Å²) in [6.07, 6.45) is 0.780. The Balaban J connectivity index is 2.68. The van der Waals surface area contributed by atoms with Crippen LogP contribution in [0.1, 0.15) is 20.3 Å². The monoisotopic (exact) mass is 258 g/mol. The SMILES string of the molecule is CCC(C)NC(=O)Nc1ccccc1OC(F)F. The Hall–Kier alpha value is -1.85. The van der Waals surface area contributed by atoms with Crippen molar-refractivity contribution in [2.45, 2.75) is 32.9 Å². The summed E-state index contributed by atoms with van der Waals surface area (Å²) in [7, 11) is 0. The van der Waals surface area contributed by atoms with Crippen molar-refractivity contribution in [2.75, 3.05) is 5.32 Å². The zero-order valence-corrected chi connectivity index (χ0v) is 10.2. The van der Waals surface area contributed by atoms with Crippen LogP contribution in [0.15, 0.2) is 24.3 Å². The number of alkyl halides is 2. The number of hydrogen-bond donors (Lipinski definition) is 2. The molecule has 0 radical (unpaired) electrons. The number of halogens is 2. The summed E-state index contributed by atoms with van der Waals surface area (Å²) >= 11 is 0. The number of benzene rings is 1. The van der Waals surface area contributed by atoms with E-state index < -0.39 is 12.6 Å². The Kier molecular flexibility index (Phi) is 5.35. The van der Waals surface area contributed by atoms with E-state index in [0.717, 1.165) is 6.42 Å². The highest BCUT2D eigenvalue weighted by atomic mass is 19.3. The molecule has 0 spiro atoms. The molecule has 0 aromatic heterocycles. The predicted molar refractivity (Wildman–Crippen MR) is 65.0 cm³/mol. The number of rotatable bonds is 5. The lowest BCUT2D eigenvalue weighted by molar-refractivity contribution is -0.0493. The molecule has 0 heterocycles. The molecule has 0 aliphatic rings. The van der Waals surface area contributed by atoms with Crippen molar-refractivity contribution in [3.63, 3.8) is 0 Å². The van der Waals surface area contributed by atoms with E-state index in [-0.39, 0.29) is 17.5 Å². The second kappa shape index (κ2) is 6.78. The Morgan fingerprint density at radius 1 is 1.39 bits per heavy atom. The first-order valence-electron chi connectivity index (χ1n) is 5.64. The third kappa shape index (κ3) is 4.57. The molecule has 0 saturated carbocycles. The summed E-state index contributed by atoms with van der Waals surface area (Å²) < 4.78 is 28.6. The van der Waals surface area contributed by atoms with Gasteiger partial charge in [-0.2, -0.15) is 8.78 Å². The van der Waals surface area contributed by atoms with Gasteiger partial charge < -0.3 is 15.4 Å². The molecule has 1 rings (SSSR count). The first-order chi connectivity index (χ1) is 8.52. The fourth-order valence-electron chi connectivity index (χ4n) is 1.25. The fourth-order valence-corrected chi connectivity index (χ4v) is 1.25. The second-order valence-corrected chi connectivity index (χ2v) is 3.78. The molecule has 0 saturated heterocycles. The van der Waals surface area contributed by atoms with Gasteiger partial charge in [0.25, 0.3) is 0 Å². The van der Waals surface area contributed by atoms with Gasteiger partial charge >= 0.3 is 12.6 Å². The van der Waals surface area contributed by atoms with Gasteiger partial charge in [0.2, 0.25) is 0 Å². The summed E-state index contributed by atoms with van der Waals surface area (Å²) in [6, 6.07) is 5.59. The van der Waals surface area contributed by atoms with Gasteiger partial charge in [-0.05, 0) is 25.5 Å². The Labute approximate surface area is 104 Å². The van der Waals surface area contributed by atoms with Crippen LogP contribution in [0.2, 0.25) is 0 Å². The number of para-hydroxylation sites is 2. The number of anilines is 1. The fraction of sp³-hybridized carbons (Fsp3) is 0.417. The first kappa shape index (κ1) is 14.2. The van der Waals surface area contributed by atoms with E-state index in [1.807, 2.05) is 13.8 Å². The van der Waals surface area contributed by atoms with Crippen LogP contribution in [-0.2, 0) is 0 Å². The van der Waals surface area contributed by atoms with Crippen LogP contribution >= 0.6 is 0 Å². The lowest BCUT2D eigenvalue weighted by Crippen LogP contribution is -2.35. The zero-order valence-electron chi connectivity index (χ0n) is 10.2. The number of carbonyl (C=O) groups excluding carboxylic acids is 1. The van der Waals surface area contributed by atoms with E-state index >= 15 is 0 Å². The molecule has 4 nitrogen and oxygen atoms in total. The normalized spacial score (nSPS) is 12.1. The predicted octanol–water partition coefficient (Wildman–Crippen LogP) is 3.21. The highest BCUT2D eigenvalue weighted by Crippen LogP contribution is 2.25. The molecule has 0 aliphatic carbocycles. The molecule has 6 heteroatoms. The number of ether oxygens (including phenoxy) is 1. The van der Waals surface area contributed by atoms with E-state index in [4.69, 9.17) is 0 Å². The van der Waals surface area contributed by atoms with Crippen LogP contribution < -0.4 is 15.4 Å². The van der Waals surface area contributed by atoms with E-state index in [0.29, 0.717) is 0 Å². The molecule has 100 valence electrons. The molecule has 1 unspecified atom stereocenters. The Morgan fingerprint density at radius 3 is 2.67 bits per heavy atom. The third-order valence-corrected chi connectivity index (χ3v) is 2.34. The van der Waals surface area contributed by atoms with Gasteiger partial charge in [0.15, 0.2) is 0 Å². The molecule has 1 aromatic carbocycles. The maximum atomic E-state index is 12.2. The first-order valence-corrected chi connectivity index (χ1v) is 5.64. The largest absolute Gasteiger partial charge is 0.433 e. The van der Waals surface area contributed by atoms with Crippen LogP contribution in [0.3, 0.4) is 0 Å². The topological polar surface area (TPSA) is 50.4 Å². The quantitative estimate of drug-likeness (QED) is 0.852. The highest BCUT2D eigenvalue weighted by molar-refractivity contribution is 5.91. The number of carbonyl (C=O) groups is 1. The maximum absolute atomic E-state index is 12.2. The average molecular weight is 258 g/mol. The number of nitrogens with one attached hydrogen (secondary N) is 2. The van der Waals surface area contributed by atoms with Crippen LogP contribution in [0.25, 0.3) is 0 Å². The van der Waals surface area contributed by atoms with Gasteiger partial charge in [-0.3, -0.25) is 0 Å². The molecule has 2 N–H and O–H groups in total. The minimum atomic E-state index is -2.93. The van der Waals surface area contributed by atoms with Crippen molar-refractivity contribution < 1.29 is 18.3 Å². The number of amides is 2. The smallest absolute Gasteiger partial charge is 0.387 e. The van der Waals surface area contributed by atoms with E-state index in [1.54, 1.807) is 12.1 Å². The van der Waals surface area contributed by atoms with E-state index in [9.17, 15) is 13.6 Å². The van der Waals surface area contributed by atoms with E-state index in [2.05, 4.69) is 15.4 Å². The molecule has 0 fully saturated rings. The molecule has 1 atom stereocenters. The van der Waals surface area contributed by atoms with Gasteiger partial charge in [-0.15, -0.1) is 0 Å². The maximum Gasteiger partial charge on any atom is 0.387 e. The van der Waals surface area contributed by atoms with E-state index in [1.165, 1.54) is 12.1 Å². The van der Waals surface area contributed by atoms with Crippen LogP contribution in [-0.4, -0.2) is 18.7 Å².